The quantitative estimate of drug-likeness (QED) is 0.338. The molecule has 0 spiro atoms. The minimum absolute atomic E-state index is 0.0295. The topological polar surface area (TPSA) is 82.1 Å². The summed E-state index contributed by atoms with van der Waals surface area (Å²) in [7, 11) is 1.80. The highest BCUT2D eigenvalue weighted by molar-refractivity contribution is 7.99. The fraction of sp³-hybridized carbons (Fsp3) is 0.519. The lowest BCUT2D eigenvalue weighted by atomic mass is 9.59. The smallest absolute Gasteiger partial charge is 0.274 e. The number of hydrogen-bond acceptors (Lipinski definition) is 5. The first-order chi connectivity index (χ1) is 16.2. The SMILES string of the molecule is CCC1(Nc2ccc(NSC)cc2-c2cn(C)c(=O)c3[nH]ccc23)CC2CC(C)CC(O)(C2)C1. The van der Waals surface area contributed by atoms with Crippen LogP contribution in [0.5, 0.6) is 0 Å². The zero-order valence-electron chi connectivity index (χ0n) is 20.6. The predicted molar refractivity (Wildman–Crippen MR) is 143 cm³/mol. The van der Waals surface area contributed by atoms with Gasteiger partial charge in [-0.15, -0.1) is 0 Å². The van der Waals surface area contributed by atoms with Crippen molar-refractivity contribution < 1.29 is 5.11 Å². The van der Waals surface area contributed by atoms with Crippen LogP contribution in [-0.4, -0.2) is 32.1 Å². The van der Waals surface area contributed by atoms with Gasteiger partial charge in [0.1, 0.15) is 5.52 Å². The minimum Gasteiger partial charge on any atom is -0.390 e. The van der Waals surface area contributed by atoms with Gasteiger partial charge in [0.05, 0.1) is 5.60 Å². The summed E-state index contributed by atoms with van der Waals surface area (Å²) in [5.74, 6) is 1.13. The Balaban J connectivity index is 1.61. The molecule has 5 rings (SSSR count). The number of aryl methyl sites for hydroxylation is 1. The molecule has 0 saturated heterocycles. The van der Waals surface area contributed by atoms with Crippen LogP contribution in [0.2, 0.25) is 0 Å². The van der Waals surface area contributed by atoms with E-state index in [0.717, 1.165) is 60.0 Å². The highest BCUT2D eigenvalue weighted by Gasteiger charge is 2.50. The maximum atomic E-state index is 12.7. The van der Waals surface area contributed by atoms with Gasteiger partial charge in [-0.3, -0.25) is 4.79 Å². The number of pyridine rings is 1. The first kappa shape index (κ1) is 23.4. The van der Waals surface area contributed by atoms with Crippen molar-refractivity contribution in [3.05, 3.63) is 47.0 Å². The molecule has 7 heteroatoms. The van der Waals surface area contributed by atoms with Crippen LogP contribution in [0.3, 0.4) is 0 Å². The van der Waals surface area contributed by atoms with Crippen LogP contribution in [0.4, 0.5) is 11.4 Å². The number of anilines is 2. The molecule has 0 amide bonds. The van der Waals surface area contributed by atoms with Crippen molar-refractivity contribution in [3.63, 3.8) is 0 Å². The van der Waals surface area contributed by atoms with Gasteiger partial charge < -0.3 is 24.7 Å². The molecular formula is C27H36N4O2S. The molecule has 0 radical (unpaired) electrons. The molecule has 4 N–H and O–H groups in total. The summed E-state index contributed by atoms with van der Waals surface area (Å²) in [6.07, 6.45) is 11.6. The number of benzene rings is 1. The van der Waals surface area contributed by atoms with E-state index >= 15 is 0 Å². The monoisotopic (exact) mass is 480 g/mol. The van der Waals surface area contributed by atoms with Crippen LogP contribution in [-0.2, 0) is 7.05 Å². The van der Waals surface area contributed by atoms with Crippen molar-refractivity contribution in [2.75, 3.05) is 16.3 Å². The van der Waals surface area contributed by atoms with Gasteiger partial charge in [-0.25, -0.2) is 0 Å². The molecule has 6 nitrogen and oxygen atoms in total. The molecule has 1 aromatic carbocycles. The number of rotatable bonds is 6. The Bertz CT molecular complexity index is 1260. The van der Waals surface area contributed by atoms with Crippen molar-refractivity contribution in [1.82, 2.24) is 9.55 Å². The zero-order valence-corrected chi connectivity index (χ0v) is 21.4. The normalized spacial score (nSPS) is 28.7. The average Bonchev–Trinajstić information content (AvgIpc) is 3.26. The van der Waals surface area contributed by atoms with E-state index in [1.807, 2.05) is 24.7 Å². The fourth-order valence-electron chi connectivity index (χ4n) is 6.84. The maximum absolute atomic E-state index is 12.7. The van der Waals surface area contributed by atoms with Crippen LogP contribution in [0.25, 0.3) is 22.0 Å². The number of nitrogens with zero attached hydrogens (tertiary/aromatic N) is 1. The zero-order chi connectivity index (χ0) is 24.1. The standard InChI is InChI=1S/C27H36N4O2S/c1-5-26(13-18-10-17(2)12-27(33,14-18)16-26)29-23-7-6-19(30-34-4)11-21(23)22-15-31(3)25(32)24-20(22)8-9-28-24/h6-9,11,15,17-18,28-30,33H,5,10,12-14,16H2,1-4H3. The molecule has 2 saturated carbocycles. The van der Waals surface area contributed by atoms with E-state index in [1.54, 1.807) is 23.6 Å². The molecule has 2 heterocycles. The van der Waals surface area contributed by atoms with Gasteiger partial charge in [-0.2, -0.15) is 0 Å². The van der Waals surface area contributed by atoms with E-state index in [4.69, 9.17) is 0 Å². The second-order valence-electron chi connectivity index (χ2n) is 10.8. The first-order valence-electron chi connectivity index (χ1n) is 12.4. The third kappa shape index (κ3) is 4.13. The average molecular weight is 481 g/mol. The molecule has 3 aromatic rings. The van der Waals surface area contributed by atoms with Gasteiger partial charge in [0.25, 0.3) is 5.56 Å². The van der Waals surface area contributed by atoms with E-state index in [0.29, 0.717) is 17.4 Å². The van der Waals surface area contributed by atoms with Crippen molar-refractivity contribution in [1.29, 1.82) is 0 Å². The van der Waals surface area contributed by atoms with Crippen molar-refractivity contribution in [2.45, 2.75) is 63.5 Å². The highest BCUT2D eigenvalue weighted by Crippen LogP contribution is 2.51. The lowest BCUT2D eigenvalue weighted by molar-refractivity contribution is -0.0861. The fourth-order valence-corrected chi connectivity index (χ4v) is 7.20. The van der Waals surface area contributed by atoms with Gasteiger partial charge in [0, 0.05) is 59.1 Å². The molecule has 2 fully saturated rings. The van der Waals surface area contributed by atoms with Crippen molar-refractivity contribution in [3.8, 4) is 11.1 Å². The lowest BCUT2D eigenvalue weighted by Gasteiger charge is -2.53. The summed E-state index contributed by atoms with van der Waals surface area (Å²) in [6, 6.07) is 8.39. The molecule has 2 aliphatic rings. The van der Waals surface area contributed by atoms with Crippen molar-refractivity contribution in [2.24, 2.45) is 18.9 Å². The Kier molecular flexibility index (Phi) is 5.97. The Morgan fingerprint density at radius 1 is 1.24 bits per heavy atom. The molecule has 2 bridgehead atoms. The first-order valence-corrected chi connectivity index (χ1v) is 13.6. The molecule has 182 valence electrons. The molecule has 2 aromatic heterocycles. The number of H-pyrrole nitrogens is 1. The number of aliphatic hydroxyl groups is 1. The summed E-state index contributed by atoms with van der Waals surface area (Å²) < 4.78 is 5.01. The van der Waals surface area contributed by atoms with Gasteiger partial charge in [-0.1, -0.05) is 25.8 Å². The van der Waals surface area contributed by atoms with Crippen LogP contribution in [0.1, 0.15) is 52.4 Å². The van der Waals surface area contributed by atoms with Crippen LogP contribution in [0, 0.1) is 11.8 Å². The molecule has 0 aliphatic heterocycles. The number of aromatic amines is 1. The Morgan fingerprint density at radius 2 is 2.06 bits per heavy atom. The third-order valence-corrected chi connectivity index (χ3v) is 8.42. The molecule has 4 atom stereocenters. The second kappa shape index (κ2) is 8.68. The molecule has 34 heavy (non-hydrogen) atoms. The van der Waals surface area contributed by atoms with E-state index in [1.165, 1.54) is 6.42 Å². The number of fused-ring (bicyclic) bond motifs is 3. The maximum Gasteiger partial charge on any atom is 0.274 e. The Morgan fingerprint density at radius 3 is 2.79 bits per heavy atom. The summed E-state index contributed by atoms with van der Waals surface area (Å²) >= 11 is 1.56. The third-order valence-electron chi connectivity index (χ3n) is 7.98. The van der Waals surface area contributed by atoms with Crippen LogP contribution in [0.15, 0.2) is 41.5 Å². The summed E-state index contributed by atoms with van der Waals surface area (Å²) in [5, 5.41) is 16.4. The number of hydrogen-bond donors (Lipinski definition) is 4. The Labute approximate surface area is 205 Å². The Hall–Kier alpha value is -2.38. The number of nitrogens with one attached hydrogen (secondary N) is 3. The number of aromatic nitrogens is 2. The summed E-state index contributed by atoms with van der Waals surface area (Å²) in [4.78, 5) is 15.8. The largest absolute Gasteiger partial charge is 0.390 e. The van der Waals surface area contributed by atoms with Crippen LogP contribution >= 0.6 is 11.9 Å². The van der Waals surface area contributed by atoms with E-state index < -0.39 is 5.60 Å². The molecule has 4 unspecified atom stereocenters. The van der Waals surface area contributed by atoms with E-state index in [9.17, 15) is 9.90 Å². The molecular weight excluding hydrogens is 444 g/mol. The highest BCUT2D eigenvalue weighted by atomic mass is 32.2. The van der Waals surface area contributed by atoms with Gasteiger partial charge in [0.15, 0.2) is 0 Å². The van der Waals surface area contributed by atoms with Gasteiger partial charge in [-0.05, 0) is 74.6 Å². The predicted octanol–water partition coefficient (Wildman–Crippen LogP) is 5.75. The summed E-state index contributed by atoms with van der Waals surface area (Å²) in [5.41, 5.74) is 3.99. The minimum atomic E-state index is -0.589. The van der Waals surface area contributed by atoms with Gasteiger partial charge in [0.2, 0.25) is 0 Å². The lowest BCUT2D eigenvalue weighted by Crippen LogP contribution is -2.55. The molecule has 2 aliphatic carbocycles. The van der Waals surface area contributed by atoms with Crippen molar-refractivity contribution >= 4 is 34.2 Å². The van der Waals surface area contributed by atoms with E-state index in [2.05, 4.69) is 47.1 Å². The summed E-state index contributed by atoms with van der Waals surface area (Å²) in [6.45, 7) is 4.52. The van der Waals surface area contributed by atoms with E-state index in [-0.39, 0.29) is 11.1 Å². The second-order valence-corrected chi connectivity index (χ2v) is 11.4. The van der Waals surface area contributed by atoms with Crippen LogP contribution < -0.4 is 15.6 Å². The van der Waals surface area contributed by atoms with Gasteiger partial charge >= 0.3 is 0 Å².